The van der Waals surface area contributed by atoms with Gasteiger partial charge in [-0.05, 0) is 81.5 Å². The summed E-state index contributed by atoms with van der Waals surface area (Å²) in [5.41, 5.74) is -0.737. The average Bonchev–Trinajstić information content (AvgIpc) is 3.57. The molecule has 17 heteroatoms. The summed E-state index contributed by atoms with van der Waals surface area (Å²) < 4.78 is 55.8. The summed E-state index contributed by atoms with van der Waals surface area (Å²) in [6, 6.07) is 15.6. The number of amides is 4. The van der Waals surface area contributed by atoms with E-state index in [1.807, 2.05) is 38.1 Å². The molecule has 2 N–H and O–H groups in total. The van der Waals surface area contributed by atoms with Crippen LogP contribution in [-0.4, -0.2) is 94.1 Å². The number of hydrogen-bond acceptors (Lipinski definition) is 8. The van der Waals surface area contributed by atoms with Crippen molar-refractivity contribution in [1.82, 2.24) is 20.4 Å². The monoisotopic (exact) mass is 837 g/mol. The van der Waals surface area contributed by atoms with Gasteiger partial charge in [0, 0.05) is 47.5 Å². The fourth-order valence-corrected chi connectivity index (χ4v) is 10.8. The molecule has 2 saturated heterocycles. The quantitative estimate of drug-likeness (QED) is 0.266. The predicted octanol–water partition coefficient (Wildman–Crippen LogP) is 6.41. The number of hydrogen-bond donors (Lipinski definition) is 2. The lowest BCUT2D eigenvalue weighted by atomic mass is 9.71. The molecule has 4 amide bonds. The fourth-order valence-electron chi connectivity index (χ4n) is 7.51. The van der Waals surface area contributed by atoms with Crippen molar-refractivity contribution in [2.45, 2.75) is 68.1 Å². The Kier molecular flexibility index (Phi) is 11.3. The molecule has 0 radical (unpaired) electrons. The first-order chi connectivity index (χ1) is 25.4. The minimum atomic E-state index is -3.83. The van der Waals surface area contributed by atoms with E-state index >= 15 is 4.79 Å². The van der Waals surface area contributed by atoms with Crippen LogP contribution in [0, 0.1) is 0 Å². The van der Waals surface area contributed by atoms with E-state index in [2.05, 4.69) is 10.6 Å². The van der Waals surface area contributed by atoms with Crippen LogP contribution >= 0.6 is 34.8 Å². The van der Waals surface area contributed by atoms with Gasteiger partial charge in [-0.2, -0.15) is 0 Å². The highest BCUT2D eigenvalue weighted by Gasteiger charge is 2.60. The van der Waals surface area contributed by atoms with E-state index < -0.39 is 48.9 Å². The molecule has 3 aliphatic heterocycles. The summed E-state index contributed by atoms with van der Waals surface area (Å²) in [4.78, 5) is 36.5. The highest BCUT2D eigenvalue weighted by molar-refractivity contribution is 7.91. The van der Waals surface area contributed by atoms with Gasteiger partial charge < -0.3 is 20.3 Å². The van der Waals surface area contributed by atoms with Crippen LogP contribution < -0.4 is 15.4 Å². The number of nitrogens with zero attached hydrogens (tertiary/aromatic N) is 3. The molecule has 0 aromatic heterocycles. The summed E-state index contributed by atoms with van der Waals surface area (Å²) in [7, 11) is -6.99. The number of nitrogens with one attached hydrogen (secondary N) is 2. The molecule has 0 bridgehead atoms. The number of halogens is 3. The Hall–Kier alpha value is -3.56. The van der Waals surface area contributed by atoms with Gasteiger partial charge in [0.2, 0.25) is 0 Å². The zero-order valence-corrected chi connectivity index (χ0v) is 34.1. The molecule has 0 spiro atoms. The SMILES string of the molecule is CCOc1cc(Cl)c(S(C)(=O)=O)cc1C1=N[C@@](C)(c2ccc(Cl)cc2)[C@@](C)(c2ccc(Cl)cc2)N1C(=O)N1CCC(NC(=O)NC2CCS(=O)(=O)C2)CC1. The lowest BCUT2D eigenvalue weighted by Gasteiger charge is -2.47. The molecule has 3 aliphatic rings. The summed E-state index contributed by atoms with van der Waals surface area (Å²) in [6.07, 6.45) is 2.28. The van der Waals surface area contributed by atoms with Gasteiger partial charge >= 0.3 is 12.1 Å². The van der Waals surface area contributed by atoms with Gasteiger partial charge in [-0.3, -0.25) is 9.89 Å². The number of carbonyl (C=O) groups excluding carboxylic acids is 2. The molecule has 2 fully saturated rings. The molecule has 1 unspecified atom stereocenters. The summed E-state index contributed by atoms with van der Waals surface area (Å²) >= 11 is 19.2. The van der Waals surface area contributed by atoms with Crippen molar-refractivity contribution in [1.29, 1.82) is 0 Å². The van der Waals surface area contributed by atoms with E-state index in [0.29, 0.717) is 34.9 Å². The average molecular weight is 839 g/mol. The van der Waals surface area contributed by atoms with Crippen molar-refractivity contribution in [2.75, 3.05) is 37.5 Å². The Morgan fingerprint density at radius 1 is 0.907 bits per heavy atom. The van der Waals surface area contributed by atoms with Gasteiger partial charge in [0.05, 0.1) is 33.6 Å². The number of carbonyl (C=O) groups is 2. The van der Waals surface area contributed by atoms with E-state index in [0.717, 1.165) is 11.8 Å². The Morgan fingerprint density at radius 3 is 2.02 bits per heavy atom. The number of likely N-dealkylation sites (tertiary alicyclic amines) is 1. The maximum Gasteiger partial charge on any atom is 0.326 e. The molecule has 3 atom stereocenters. The summed E-state index contributed by atoms with van der Waals surface area (Å²) in [5.74, 6) is 0.378. The van der Waals surface area contributed by atoms with Gasteiger partial charge in [0.25, 0.3) is 0 Å². The molecule has 0 aliphatic carbocycles. The van der Waals surface area contributed by atoms with Crippen LogP contribution in [0.2, 0.25) is 15.1 Å². The van der Waals surface area contributed by atoms with E-state index in [1.165, 1.54) is 12.1 Å². The number of sulfone groups is 2. The summed E-state index contributed by atoms with van der Waals surface area (Å²) in [6.45, 7) is 6.37. The maximum atomic E-state index is 15.2. The Balaban J connectivity index is 1.43. The first kappa shape index (κ1) is 40.1. The van der Waals surface area contributed by atoms with Crippen LogP contribution in [0.1, 0.15) is 56.7 Å². The second-order valence-corrected chi connectivity index (χ2v) is 19.7. The fraction of sp³-hybridized carbons (Fsp3) is 0.432. The number of ether oxygens (including phenoxy) is 1. The van der Waals surface area contributed by atoms with Crippen molar-refractivity contribution >= 4 is 72.4 Å². The van der Waals surface area contributed by atoms with E-state index in [1.54, 1.807) is 41.0 Å². The lowest BCUT2D eigenvalue weighted by Crippen LogP contribution is -2.60. The number of rotatable bonds is 8. The van der Waals surface area contributed by atoms with Crippen molar-refractivity contribution in [3.63, 3.8) is 0 Å². The molecule has 6 rings (SSSR count). The number of amidine groups is 1. The third-order valence-electron chi connectivity index (χ3n) is 10.6. The molecular weight excluding hydrogens is 797 g/mol. The second kappa shape index (κ2) is 15.2. The first-order valence-electron chi connectivity index (χ1n) is 17.5. The molecule has 0 saturated carbocycles. The molecule has 290 valence electrons. The Morgan fingerprint density at radius 2 is 1.48 bits per heavy atom. The maximum absolute atomic E-state index is 15.2. The minimum Gasteiger partial charge on any atom is -0.493 e. The lowest BCUT2D eigenvalue weighted by molar-refractivity contribution is 0.0995. The largest absolute Gasteiger partial charge is 0.493 e. The minimum absolute atomic E-state index is 0.0322. The van der Waals surface area contributed by atoms with Gasteiger partial charge in [-0.25, -0.2) is 26.4 Å². The molecular formula is C37H42Cl3N5O7S2. The highest BCUT2D eigenvalue weighted by Crippen LogP contribution is 2.54. The second-order valence-electron chi connectivity index (χ2n) is 14.2. The van der Waals surface area contributed by atoms with Crippen LogP contribution in [0.25, 0.3) is 0 Å². The van der Waals surface area contributed by atoms with Gasteiger partial charge in [0.15, 0.2) is 19.7 Å². The topological polar surface area (TPSA) is 155 Å². The standard InChI is InChI=1S/C37H42Cl3N5O7S2/c1-5-52-31-21-30(40)32(53(4,48)49)20-29(31)33-43-36(2,23-6-10-25(38)11-7-23)37(3,24-8-12-26(39)13-9-24)45(33)35(47)44-17-14-27(15-18-44)41-34(46)42-28-16-19-54(50,51)22-28/h6-13,20-21,27-28H,5,14-19,22H2,1-4H3,(H2,41,42,46)/t28?,36-,37+/m0/s1. The third kappa shape index (κ3) is 7.77. The zero-order chi connectivity index (χ0) is 39.2. The van der Waals surface area contributed by atoms with Crippen molar-refractivity contribution < 1.29 is 31.2 Å². The normalized spacial score (nSPS) is 24.3. The van der Waals surface area contributed by atoms with Crippen molar-refractivity contribution in [3.05, 3.63) is 92.4 Å². The van der Waals surface area contributed by atoms with Crippen LogP contribution in [0.4, 0.5) is 9.59 Å². The van der Waals surface area contributed by atoms with Crippen LogP contribution in [0.3, 0.4) is 0 Å². The third-order valence-corrected chi connectivity index (χ3v) is 14.4. The zero-order valence-electron chi connectivity index (χ0n) is 30.2. The van der Waals surface area contributed by atoms with Crippen LogP contribution in [0.15, 0.2) is 70.6 Å². The first-order valence-corrected chi connectivity index (χ1v) is 22.4. The Bertz CT molecular complexity index is 2200. The van der Waals surface area contributed by atoms with E-state index in [9.17, 15) is 21.6 Å². The van der Waals surface area contributed by atoms with Gasteiger partial charge in [-0.1, -0.05) is 59.1 Å². The number of piperidine rings is 1. The number of benzene rings is 3. The van der Waals surface area contributed by atoms with Gasteiger partial charge in [0.1, 0.15) is 22.7 Å². The number of urea groups is 2. The predicted molar refractivity (Wildman–Crippen MR) is 210 cm³/mol. The molecule has 3 aromatic carbocycles. The van der Waals surface area contributed by atoms with Crippen molar-refractivity contribution in [3.8, 4) is 5.75 Å². The molecule has 54 heavy (non-hydrogen) atoms. The van der Waals surface area contributed by atoms with E-state index in [-0.39, 0.29) is 64.3 Å². The van der Waals surface area contributed by atoms with Gasteiger partial charge in [-0.15, -0.1) is 0 Å². The molecule has 3 heterocycles. The van der Waals surface area contributed by atoms with E-state index in [4.69, 9.17) is 44.5 Å². The highest BCUT2D eigenvalue weighted by atomic mass is 35.5. The number of aliphatic imine (C=N–C) groups is 1. The van der Waals surface area contributed by atoms with Crippen LogP contribution in [-0.2, 0) is 30.8 Å². The Labute approximate surface area is 331 Å². The molecule has 12 nitrogen and oxygen atoms in total. The smallest absolute Gasteiger partial charge is 0.326 e. The molecule has 3 aromatic rings. The summed E-state index contributed by atoms with van der Waals surface area (Å²) in [5, 5.41) is 6.68. The van der Waals surface area contributed by atoms with Crippen molar-refractivity contribution in [2.24, 2.45) is 4.99 Å². The van der Waals surface area contributed by atoms with Crippen LogP contribution in [0.5, 0.6) is 5.75 Å².